The lowest BCUT2D eigenvalue weighted by molar-refractivity contribution is -0.117. The van der Waals surface area contributed by atoms with E-state index >= 15 is 0 Å². The van der Waals surface area contributed by atoms with Crippen LogP contribution >= 0.6 is 0 Å². The number of anilines is 1. The molecule has 0 aliphatic carbocycles. The molecule has 2 aromatic rings. The highest BCUT2D eigenvalue weighted by atomic mass is 16.2. The van der Waals surface area contributed by atoms with Gasteiger partial charge in [0, 0.05) is 17.3 Å². The number of hydrogen-bond donors (Lipinski definition) is 3. The van der Waals surface area contributed by atoms with Gasteiger partial charge in [0.15, 0.2) is 5.82 Å². The number of rotatable bonds is 6. The van der Waals surface area contributed by atoms with Gasteiger partial charge in [-0.05, 0) is 32.4 Å². The number of aromatic nitrogens is 2. The van der Waals surface area contributed by atoms with Gasteiger partial charge in [-0.3, -0.25) is 14.7 Å². The third kappa shape index (κ3) is 4.67. The minimum absolute atomic E-state index is 0.273. The van der Waals surface area contributed by atoms with Crippen LogP contribution in [0.1, 0.15) is 41.9 Å². The lowest BCUT2D eigenvalue weighted by atomic mass is 10.1. The monoisotopic (exact) mass is 314 g/mol. The molecule has 0 radical (unpaired) electrons. The van der Waals surface area contributed by atoms with Gasteiger partial charge in [0.1, 0.15) is 6.04 Å². The molecule has 0 saturated carbocycles. The average Bonchev–Trinajstić information content (AvgIpc) is 2.94. The molecule has 1 aromatic carbocycles. The van der Waals surface area contributed by atoms with Crippen LogP contribution in [0.4, 0.5) is 5.82 Å². The first kappa shape index (κ1) is 16.7. The molecule has 2 rings (SSSR count). The van der Waals surface area contributed by atoms with Crippen molar-refractivity contribution < 1.29 is 9.59 Å². The van der Waals surface area contributed by atoms with E-state index in [1.807, 2.05) is 19.1 Å². The number of hydrogen-bond acceptors (Lipinski definition) is 3. The summed E-state index contributed by atoms with van der Waals surface area (Å²) in [5.41, 5.74) is 2.50. The predicted octanol–water partition coefficient (Wildman–Crippen LogP) is 2.43. The molecule has 3 N–H and O–H groups in total. The van der Waals surface area contributed by atoms with Gasteiger partial charge in [-0.25, -0.2) is 0 Å². The number of aryl methyl sites for hydroxylation is 2. The topological polar surface area (TPSA) is 86.9 Å². The summed E-state index contributed by atoms with van der Waals surface area (Å²) in [7, 11) is 0. The van der Waals surface area contributed by atoms with Gasteiger partial charge in [-0.2, -0.15) is 5.10 Å². The van der Waals surface area contributed by atoms with Gasteiger partial charge in [0.25, 0.3) is 5.91 Å². The standard InChI is InChI=1S/C17H22N4O2/c1-4-6-14-10-15(21-20-14)19-16(22)12(3)18-17(23)13-8-5-7-11(2)9-13/h5,7-10,12H,4,6H2,1-3H3,(H,18,23)(H2,19,20,21,22)/t12-/m1/s1. The van der Waals surface area contributed by atoms with Crippen LogP contribution in [-0.4, -0.2) is 28.1 Å². The van der Waals surface area contributed by atoms with Crippen molar-refractivity contribution >= 4 is 17.6 Å². The van der Waals surface area contributed by atoms with Crippen LogP contribution in [0, 0.1) is 6.92 Å². The predicted molar refractivity (Wildman–Crippen MR) is 89.3 cm³/mol. The van der Waals surface area contributed by atoms with Gasteiger partial charge in [0.2, 0.25) is 5.91 Å². The first-order valence-electron chi connectivity index (χ1n) is 7.72. The van der Waals surface area contributed by atoms with Crippen molar-refractivity contribution in [3.05, 3.63) is 47.2 Å². The van der Waals surface area contributed by atoms with Crippen LogP contribution in [0.15, 0.2) is 30.3 Å². The second kappa shape index (κ2) is 7.58. The highest BCUT2D eigenvalue weighted by Gasteiger charge is 2.17. The number of nitrogens with zero attached hydrogens (tertiary/aromatic N) is 1. The Morgan fingerprint density at radius 2 is 2.09 bits per heavy atom. The molecule has 0 saturated heterocycles. The van der Waals surface area contributed by atoms with Crippen LogP contribution in [0.2, 0.25) is 0 Å². The number of carbonyl (C=O) groups excluding carboxylic acids is 2. The average molecular weight is 314 g/mol. The van der Waals surface area contributed by atoms with Crippen molar-refractivity contribution in [3.8, 4) is 0 Å². The number of benzene rings is 1. The summed E-state index contributed by atoms with van der Waals surface area (Å²) in [4.78, 5) is 24.3. The SMILES string of the molecule is CCCc1cc(NC(=O)[C@@H](C)NC(=O)c2cccc(C)c2)n[nH]1. The fourth-order valence-electron chi connectivity index (χ4n) is 2.19. The molecule has 1 aromatic heterocycles. The van der Waals surface area contributed by atoms with E-state index in [2.05, 4.69) is 27.8 Å². The maximum atomic E-state index is 12.1. The Kier molecular flexibility index (Phi) is 5.51. The van der Waals surface area contributed by atoms with E-state index in [4.69, 9.17) is 0 Å². The van der Waals surface area contributed by atoms with Crippen molar-refractivity contribution in [2.24, 2.45) is 0 Å². The number of H-pyrrole nitrogens is 1. The fraction of sp³-hybridized carbons (Fsp3) is 0.353. The minimum atomic E-state index is -0.658. The summed E-state index contributed by atoms with van der Waals surface area (Å²) in [6.45, 7) is 5.63. The molecule has 2 amide bonds. The Morgan fingerprint density at radius 1 is 1.30 bits per heavy atom. The first-order chi connectivity index (χ1) is 11.0. The Morgan fingerprint density at radius 3 is 2.78 bits per heavy atom. The molecule has 23 heavy (non-hydrogen) atoms. The molecule has 1 atom stereocenters. The van der Waals surface area contributed by atoms with Crippen molar-refractivity contribution in [1.29, 1.82) is 0 Å². The molecular formula is C17H22N4O2. The van der Waals surface area contributed by atoms with Crippen LogP contribution in [0.3, 0.4) is 0 Å². The highest BCUT2D eigenvalue weighted by molar-refractivity contribution is 6.00. The van der Waals surface area contributed by atoms with Gasteiger partial charge >= 0.3 is 0 Å². The van der Waals surface area contributed by atoms with Gasteiger partial charge in [-0.1, -0.05) is 31.0 Å². The largest absolute Gasteiger partial charge is 0.341 e. The van der Waals surface area contributed by atoms with Gasteiger partial charge in [0.05, 0.1) is 0 Å². The molecule has 0 bridgehead atoms. The molecule has 0 fully saturated rings. The van der Waals surface area contributed by atoms with E-state index < -0.39 is 6.04 Å². The molecule has 122 valence electrons. The lowest BCUT2D eigenvalue weighted by Gasteiger charge is -2.13. The van der Waals surface area contributed by atoms with E-state index in [1.54, 1.807) is 25.1 Å². The minimum Gasteiger partial charge on any atom is -0.341 e. The van der Waals surface area contributed by atoms with Crippen molar-refractivity contribution in [3.63, 3.8) is 0 Å². The summed E-state index contributed by atoms with van der Waals surface area (Å²) in [6, 6.07) is 8.37. The Balaban J connectivity index is 1.92. The van der Waals surface area contributed by atoms with E-state index in [-0.39, 0.29) is 11.8 Å². The quantitative estimate of drug-likeness (QED) is 0.765. The third-order valence-electron chi connectivity index (χ3n) is 3.42. The Hall–Kier alpha value is -2.63. The normalized spacial score (nSPS) is 11.8. The maximum Gasteiger partial charge on any atom is 0.251 e. The zero-order chi connectivity index (χ0) is 16.8. The Bertz CT molecular complexity index is 693. The second-order valence-corrected chi connectivity index (χ2v) is 5.58. The zero-order valence-electron chi connectivity index (χ0n) is 13.6. The maximum absolute atomic E-state index is 12.1. The molecule has 0 unspecified atom stereocenters. The summed E-state index contributed by atoms with van der Waals surface area (Å²) in [5, 5.41) is 12.3. The first-order valence-corrected chi connectivity index (χ1v) is 7.72. The Labute approximate surface area is 135 Å². The van der Waals surface area contributed by atoms with Crippen molar-refractivity contribution in [2.75, 3.05) is 5.32 Å². The molecule has 6 nitrogen and oxygen atoms in total. The number of aromatic amines is 1. The third-order valence-corrected chi connectivity index (χ3v) is 3.42. The van der Waals surface area contributed by atoms with E-state index in [0.29, 0.717) is 11.4 Å². The lowest BCUT2D eigenvalue weighted by Crippen LogP contribution is -2.41. The number of amides is 2. The summed E-state index contributed by atoms with van der Waals surface area (Å²) in [5.74, 6) is -0.110. The fourth-order valence-corrected chi connectivity index (χ4v) is 2.19. The van der Waals surface area contributed by atoms with E-state index in [9.17, 15) is 9.59 Å². The summed E-state index contributed by atoms with van der Waals surface area (Å²) < 4.78 is 0. The summed E-state index contributed by atoms with van der Waals surface area (Å²) in [6.07, 6.45) is 1.88. The van der Waals surface area contributed by atoms with Crippen LogP contribution in [0.25, 0.3) is 0 Å². The number of carbonyl (C=O) groups is 2. The van der Waals surface area contributed by atoms with Crippen molar-refractivity contribution in [2.45, 2.75) is 39.7 Å². The highest BCUT2D eigenvalue weighted by Crippen LogP contribution is 2.08. The van der Waals surface area contributed by atoms with Gasteiger partial charge in [-0.15, -0.1) is 0 Å². The van der Waals surface area contributed by atoms with E-state index in [0.717, 1.165) is 24.1 Å². The summed E-state index contributed by atoms with van der Waals surface area (Å²) >= 11 is 0. The van der Waals surface area contributed by atoms with Gasteiger partial charge < -0.3 is 10.6 Å². The smallest absolute Gasteiger partial charge is 0.251 e. The van der Waals surface area contributed by atoms with Crippen LogP contribution < -0.4 is 10.6 Å². The zero-order valence-corrected chi connectivity index (χ0v) is 13.6. The molecule has 0 spiro atoms. The van der Waals surface area contributed by atoms with Crippen molar-refractivity contribution in [1.82, 2.24) is 15.5 Å². The molecule has 0 aliphatic rings. The second-order valence-electron chi connectivity index (χ2n) is 5.58. The van der Waals surface area contributed by atoms with Crippen LogP contribution in [0.5, 0.6) is 0 Å². The molecular weight excluding hydrogens is 292 g/mol. The number of nitrogens with one attached hydrogen (secondary N) is 3. The van der Waals surface area contributed by atoms with E-state index in [1.165, 1.54) is 0 Å². The molecule has 1 heterocycles. The van der Waals surface area contributed by atoms with Crippen LogP contribution in [-0.2, 0) is 11.2 Å². The molecule has 6 heteroatoms. The molecule has 0 aliphatic heterocycles.